The lowest BCUT2D eigenvalue weighted by Gasteiger charge is -2.10. The molecule has 0 spiro atoms. The van der Waals surface area contributed by atoms with Gasteiger partial charge in [0.2, 0.25) is 0 Å². The van der Waals surface area contributed by atoms with E-state index in [1.165, 1.54) is 11.4 Å². The van der Waals surface area contributed by atoms with Crippen LogP contribution in [0.15, 0.2) is 0 Å². The van der Waals surface area contributed by atoms with E-state index in [-0.39, 0.29) is 0 Å². The molecule has 2 heterocycles. The number of likely N-dealkylation sites (N-methyl/N-ethyl adjacent to an activating group) is 1. The molecule has 0 aromatic carbocycles. The summed E-state index contributed by atoms with van der Waals surface area (Å²) in [6.07, 6.45) is 2.21. The van der Waals surface area contributed by atoms with Crippen LogP contribution in [0.2, 0.25) is 0 Å². The summed E-state index contributed by atoms with van der Waals surface area (Å²) in [5, 5.41) is 0. The minimum Gasteiger partial charge on any atom is -0.346 e. The molecule has 1 aliphatic rings. The van der Waals surface area contributed by atoms with Crippen molar-refractivity contribution in [3.05, 3.63) is 17.2 Å². The smallest absolute Gasteiger partial charge is 0.103 e. The molecule has 0 aliphatic carbocycles. The van der Waals surface area contributed by atoms with Gasteiger partial charge in [0, 0.05) is 31.6 Å². The number of rotatable bonds is 0. The standard InChI is InChI=1S/C9H15N3/c1-7-10-8-3-5-12(2)6-4-9(8)11-7/h3-6H2,1-2H3,(H,10,11). The quantitative estimate of drug-likeness (QED) is 0.615. The number of fused-ring (bicyclic) bond motifs is 1. The summed E-state index contributed by atoms with van der Waals surface area (Å²) in [5.74, 6) is 1.06. The van der Waals surface area contributed by atoms with Gasteiger partial charge in [-0.05, 0) is 14.0 Å². The molecule has 3 nitrogen and oxygen atoms in total. The Morgan fingerprint density at radius 3 is 2.92 bits per heavy atom. The number of hydrogen-bond donors (Lipinski definition) is 1. The molecule has 0 saturated heterocycles. The number of imidazole rings is 1. The van der Waals surface area contributed by atoms with Gasteiger partial charge in [-0.15, -0.1) is 0 Å². The third kappa shape index (κ3) is 1.37. The minimum absolute atomic E-state index is 1.06. The van der Waals surface area contributed by atoms with Gasteiger partial charge in [0.05, 0.1) is 5.69 Å². The van der Waals surface area contributed by atoms with Gasteiger partial charge in [-0.3, -0.25) is 0 Å². The van der Waals surface area contributed by atoms with Gasteiger partial charge in [-0.1, -0.05) is 0 Å². The maximum atomic E-state index is 4.46. The molecule has 3 heteroatoms. The molecule has 0 unspecified atom stereocenters. The molecular formula is C9H15N3. The van der Waals surface area contributed by atoms with E-state index in [9.17, 15) is 0 Å². The van der Waals surface area contributed by atoms with Crippen molar-refractivity contribution in [2.75, 3.05) is 20.1 Å². The van der Waals surface area contributed by atoms with Gasteiger partial charge in [-0.2, -0.15) is 0 Å². The normalized spacial score (nSPS) is 18.8. The molecule has 0 saturated carbocycles. The fraction of sp³-hybridized carbons (Fsp3) is 0.667. The predicted molar refractivity (Wildman–Crippen MR) is 48.2 cm³/mol. The van der Waals surface area contributed by atoms with E-state index in [0.717, 1.165) is 31.8 Å². The third-order valence-corrected chi connectivity index (χ3v) is 2.46. The van der Waals surface area contributed by atoms with Crippen LogP contribution in [0.5, 0.6) is 0 Å². The first-order valence-corrected chi connectivity index (χ1v) is 4.48. The summed E-state index contributed by atoms with van der Waals surface area (Å²) in [7, 11) is 2.17. The molecule has 0 fully saturated rings. The molecule has 1 aliphatic heterocycles. The van der Waals surface area contributed by atoms with Gasteiger partial charge >= 0.3 is 0 Å². The lowest BCUT2D eigenvalue weighted by Crippen LogP contribution is -2.21. The zero-order chi connectivity index (χ0) is 8.55. The molecule has 1 aromatic heterocycles. The molecule has 0 amide bonds. The Hall–Kier alpha value is -0.830. The fourth-order valence-electron chi connectivity index (χ4n) is 1.71. The van der Waals surface area contributed by atoms with Crippen LogP contribution < -0.4 is 0 Å². The van der Waals surface area contributed by atoms with Crippen molar-refractivity contribution >= 4 is 0 Å². The van der Waals surface area contributed by atoms with Crippen molar-refractivity contribution in [3.8, 4) is 0 Å². The van der Waals surface area contributed by atoms with Crippen molar-refractivity contribution in [2.45, 2.75) is 19.8 Å². The largest absolute Gasteiger partial charge is 0.346 e. The average molecular weight is 165 g/mol. The second-order valence-electron chi connectivity index (χ2n) is 3.55. The molecule has 0 radical (unpaired) electrons. The predicted octanol–water partition coefficient (Wildman–Crippen LogP) is 0.749. The van der Waals surface area contributed by atoms with Crippen molar-refractivity contribution in [1.82, 2.24) is 14.9 Å². The van der Waals surface area contributed by atoms with Crippen LogP contribution >= 0.6 is 0 Å². The van der Waals surface area contributed by atoms with Crippen LogP contribution in [-0.4, -0.2) is 35.0 Å². The van der Waals surface area contributed by atoms with Crippen molar-refractivity contribution in [2.24, 2.45) is 0 Å². The molecule has 12 heavy (non-hydrogen) atoms. The number of nitrogens with zero attached hydrogens (tertiary/aromatic N) is 2. The molecular weight excluding hydrogens is 150 g/mol. The number of aryl methyl sites for hydroxylation is 1. The molecule has 1 N–H and O–H groups in total. The van der Waals surface area contributed by atoms with Crippen molar-refractivity contribution < 1.29 is 0 Å². The second kappa shape index (κ2) is 2.90. The molecule has 1 aromatic rings. The van der Waals surface area contributed by atoms with Gasteiger partial charge in [0.25, 0.3) is 0 Å². The Bertz CT molecular complexity index is 252. The average Bonchev–Trinajstić information content (AvgIpc) is 2.31. The van der Waals surface area contributed by atoms with E-state index in [4.69, 9.17) is 0 Å². The number of aromatic nitrogens is 2. The van der Waals surface area contributed by atoms with Crippen LogP contribution in [0.25, 0.3) is 0 Å². The maximum Gasteiger partial charge on any atom is 0.103 e. The van der Waals surface area contributed by atoms with Gasteiger partial charge in [0.15, 0.2) is 0 Å². The highest BCUT2D eigenvalue weighted by atomic mass is 15.1. The van der Waals surface area contributed by atoms with E-state index in [2.05, 4.69) is 21.9 Å². The van der Waals surface area contributed by atoms with Crippen LogP contribution in [0.3, 0.4) is 0 Å². The highest BCUT2D eigenvalue weighted by Gasteiger charge is 2.13. The number of aromatic amines is 1. The van der Waals surface area contributed by atoms with E-state index >= 15 is 0 Å². The number of hydrogen-bond acceptors (Lipinski definition) is 2. The lowest BCUT2D eigenvalue weighted by molar-refractivity contribution is 0.350. The third-order valence-electron chi connectivity index (χ3n) is 2.46. The maximum absolute atomic E-state index is 4.46. The summed E-state index contributed by atoms with van der Waals surface area (Å²) in [5.41, 5.74) is 2.62. The molecule has 2 rings (SSSR count). The summed E-state index contributed by atoms with van der Waals surface area (Å²) in [6, 6.07) is 0. The summed E-state index contributed by atoms with van der Waals surface area (Å²) in [4.78, 5) is 10.1. The highest BCUT2D eigenvalue weighted by molar-refractivity contribution is 5.16. The first-order valence-electron chi connectivity index (χ1n) is 4.48. The monoisotopic (exact) mass is 165 g/mol. The second-order valence-corrected chi connectivity index (χ2v) is 3.55. The summed E-state index contributed by atoms with van der Waals surface area (Å²) < 4.78 is 0. The lowest BCUT2D eigenvalue weighted by atomic mass is 10.2. The van der Waals surface area contributed by atoms with E-state index in [0.29, 0.717) is 0 Å². The minimum atomic E-state index is 1.06. The molecule has 0 atom stereocenters. The Kier molecular flexibility index (Phi) is 1.89. The first kappa shape index (κ1) is 7.80. The van der Waals surface area contributed by atoms with Crippen LogP contribution in [-0.2, 0) is 12.8 Å². The first-order chi connectivity index (χ1) is 5.75. The summed E-state index contributed by atoms with van der Waals surface area (Å²) >= 11 is 0. The van der Waals surface area contributed by atoms with E-state index in [1.54, 1.807) is 0 Å². The van der Waals surface area contributed by atoms with Crippen LogP contribution in [0.4, 0.5) is 0 Å². The Morgan fingerprint density at radius 2 is 2.08 bits per heavy atom. The fourth-order valence-corrected chi connectivity index (χ4v) is 1.71. The van der Waals surface area contributed by atoms with Crippen LogP contribution in [0.1, 0.15) is 17.2 Å². The Morgan fingerprint density at radius 1 is 1.33 bits per heavy atom. The van der Waals surface area contributed by atoms with Crippen LogP contribution in [0, 0.1) is 6.92 Å². The van der Waals surface area contributed by atoms with Crippen molar-refractivity contribution in [1.29, 1.82) is 0 Å². The topological polar surface area (TPSA) is 31.9 Å². The molecule has 0 bridgehead atoms. The summed E-state index contributed by atoms with van der Waals surface area (Å²) in [6.45, 7) is 4.31. The van der Waals surface area contributed by atoms with Crippen molar-refractivity contribution in [3.63, 3.8) is 0 Å². The van der Waals surface area contributed by atoms with Gasteiger partial charge in [0.1, 0.15) is 5.82 Å². The van der Waals surface area contributed by atoms with Gasteiger partial charge in [-0.25, -0.2) is 4.98 Å². The van der Waals surface area contributed by atoms with E-state index in [1.807, 2.05) is 6.92 Å². The SMILES string of the molecule is Cc1nc2c([nH]1)CCN(C)CC2. The number of nitrogens with one attached hydrogen (secondary N) is 1. The molecule has 66 valence electrons. The Labute approximate surface area is 72.8 Å². The van der Waals surface area contributed by atoms with E-state index < -0.39 is 0 Å². The Balaban J connectivity index is 2.24. The number of H-pyrrole nitrogens is 1. The zero-order valence-corrected chi connectivity index (χ0v) is 7.72. The highest BCUT2D eigenvalue weighted by Crippen LogP contribution is 2.11. The van der Waals surface area contributed by atoms with Gasteiger partial charge < -0.3 is 9.88 Å². The zero-order valence-electron chi connectivity index (χ0n) is 7.72.